The molecule has 1 unspecified atom stereocenters. The number of carbonyl (C=O) groups is 1. The van der Waals surface area contributed by atoms with E-state index < -0.39 is 6.04 Å². The van der Waals surface area contributed by atoms with Gasteiger partial charge in [0.1, 0.15) is 5.58 Å². The van der Waals surface area contributed by atoms with Crippen molar-refractivity contribution in [2.45, 2.75) is 26.4 Å². The Hall–Kier alpha value is -4.26. The molecule has 0 spiro atoms. The number of rotatable bonds is 6. The van der Waals surface area contributed by atoms with Crippen LogP contribution in [0, 0.1) is 13.8 Å². The second-order valence-corrected chi connectivity index (χ2v) is 8.91. The second-order valence-electron chi connectivity index (χ2n) is 8.91. The van der Waals surface area contributed by atoms with Crippen LogP contribution in [-0.4, -0.2) is 32.1 Å². The Balaban J connectivity index is 1.80. The molecule has 7 heteroatoms. The van der Waals surface area contributed by atoms with Crippen LogP contribution in [0.25, 0.3) is 11.0 Å². The Morgan fingerprint density at radius 2 is 1.56 bits per heavy atom. The van der Waals surface area contributed by atoms with E-state index in [-0.39, 0.29) is 17.1 Å². The fourth-order valence-corrected chi connectivity index (χ4v) is 5.06. The average Bonchev–Trinajstić information content (AvgIpc) is 3.14. The van der Waals surface area contributed by atoms with Crippen molar-refractivity contribution < 1.29 is 23.4 Å². The number of benzene rings is 3. The van der Waals surface area contributed by atoms with E-state index in [1.54, 1.807) is 23.1 Å². The van der Waals surface area contributed by atoms with Gasteiger partial charge in [-0.25, -0.2) is 0 Å². The van der Waals surface area contributed by atoms with Gasteiger partial charge in [-0.2, -0.15) is 0 Å². The van der Waals surface area contributed by atoms with Crippen LogP contribution in [0.2, 0.25) is 0 Å². The average molecular weight is 486 g/mol. The number of nitrogens with zero attached hydrogens (tertiary/aromatic N) is 1. The zero-order valence-corrected chi connectivity index (χ0v) is 20.9. The molecule has 2 heterocycles. The van der Waals surface area contributed by atoms with Crippen LogP contribution in [0.3, 0.4) is 0 Å². The Morgan fingerprint density at radius 1 is 0.889 bits per heavy atom. The molecule has 1 aromatic heterocycles. The zero-order valence-electron chi connectivity index (χ0n) is 20.9. The van der Waals surface area contributed by atoms with Crippen molar-refractivity contribution in [3.63, 3.8) is 0 Å². The molecular weight excluding hydrogens is 458 g/mol. The van der Waals surface area contributed by atoms with E-state index in [0.29, 0.717) is 45.9 Å². The lowest BCUT2D eigenvalue weighted by Crippen LogP contribution is -2.29. The van der Waals surface area contributed by atoms with Crippen molar-refractivity contribution >= 4 is 16.9 Å². The number of ether oxygens (including phenoxy) is 3. The maximum absolute atomic E-state index is 14.0. The van der Waals surface area contributed by atoms with Gasteiger partial charge >= 0.3 is 0 Å². The van der Waals surface area contributed by atoms with Gasteiger partial charge in [0.2, 0.25) is 11.5 Å². The molecule has 1 amide bonds. The summed E-state index contributed by atoms with van der Waals surface area (Å²) in [5.74, 6) is 1.02. The van der Waals surface area contributed by atoms with Crippen molar-refractivity contribution in [3.05, 3.63) is 98.4 Å². The molecule has 3 aromatic carbocycles. The fourth-order valence-electron chi connectivity index (χ4n) is 5.06. The standard InChI is InChI=1S/C29H27NO6/c1-16-11-17(2)23-20(12-16)36-28-24(26(23)31)25(30(29(28)32)15-18-9-7-6-8-10-18)19-13-21(33-3)27(35-5)22(14-19)34-4/h6-14,25H,15H2,1-5H3. The van der Waals surface area contributed by atoms with Gasteiger partial charge in [-0.1, -0.05) is 36.4 Å². The summed E-state index contributed by atoms with van der Waals surface area (Å²) in [7, 11) is 4.59. The summed E-state index contributed by atoms with van der Waals surface area (Å²) >= 11 is 0. The quantitative estimate of drug-likeness (QED) is 0.374. The zero-order chi connectivity index (χ0) is 25.6. The molecule has 5 rings (SSSR count). The molecule has 7 nitrogen and oxygen atoms in total. The van der Waals surface area contributed by atoms with Crippen molar-refractivity contribution in [2.75, 3.05) is 21.3 Å². The number of hydrogen-bond donors (Lipinski definition) is 0. The highest BCUT2D eigenvalue weighted by molar-refractivity contribution is 5.99. The minimum absolute atomic E-state index is 0.0622. The van der Waals surface area contributed by atoms with E-state index in [2.05, 4.69) is 0 Å². The van der Waals surface area contributed by atoms with Crippen molar-refractivity contribution in [3.8, 4) is 17.2 Å². The lowest BCUT2D eigenvalue weighted by Gasteiger charge is -2.26. The van der Waals surface area contributed by atoms with E-state index >= 15 is 0 Å². The van der Waals surface area contributed by atoms with Gasteiger partial charge < -0.3 is 23.5 Å². The molecule has 0 bridgehead atoms. The molecule has 1 atom stereocenters. The molecule has 1 aliphatic rings. The summed E-state index contributed by atoms with van der Waals surface area (Å²) in [6.45, 7) is 4.10. The summed E-state index contributed by atoms with van der Waals surface area (Å²) < 4.78 is 22.8. The summed E-state index contributed by atoms with van der Waals surface area (Å²) in [5, 5.41) is 0.478. The minimum atomic E-state index is -0.706. The summed E-state index contributed by atoms with van der Waals surface area (Å²) in [5.41, 5.74) is 3.85. The van der Waals surface area contributed by atoms with Crippen LogP contribution in [0.5, 0.6) is 17.2 Å². The first kappa shape index (κ1) is 23.5. The smallest absolute Gasteiger partial charge is 0.291 e. The van der Waals surface area contributed by atoms with Crippen molar-refractivity contribution in [1.29, 1.82) is 0 Å². The van der Waals surface area contributed by atoms with Gasteiger partial charge in [-0.3, -0.25) is 9.59 Å². The SMILES string of the molecule is COc1cc(C2c3c(oc4cc(C)cc(C)c4c3=O)C(=O)N2Cc2ccccc2)cc(OC)c1OC. The topological polar surface area (TPSA) is 78.2 Å². The van der Waals surface area contributed by atoms with E-state index in [1.807, 2.05) is 50.2 Å². The number of carbonyl (C=O) groups excluding carboxylic acids is 1. The third-order valence-corrected chi connectivity index (χ3v) is 6.61. The van der Waals surface area contributed by atoms with Gasteiger partial charge in [0.05, 0.1) is 38.3 Å². The highest BCUT2D eigenvalue weighted by Crippen LogP contribution is 2.45. The van der Waals surface area contributed by atoms with Crippen LogP contribution >= 0.6 is 0 Å². The lowest BCUT2D eigenvalue weighted by atomic mass is 9.96. The van der Waals surface area contributed by atoms with Gasteiger partial charge in [0, 0.05) is 6.54 Å². The van der Waals surface area contributed by atoms with Crippen LogP contribution in [0.1, 0.15) is 44.4 Å². The first-order valence-corrected chi connectivity index (χ1v) is 11.6. The molecule has 1 aliphatic heterocycles. The maximum Gasteiger partial charge on any atom is 0.291 e. The van der Waals surface area contributed by atoms with Crippen LogP contribution in [0.15, 0.2) is 63.8 Å². The molecule has 0 saturated carbocycles. The Labute approximate surface area is 208 Å². The highest BCUT2D eigenvalue weighted by Gasteiger charge is 2.43. The Morgan fingerprint density at radius 3 is 2.17 bits per heavy atom. The third kappa shape index (κ3) is 3.68. The Kier molecular flexibility index (Phi) is 5.92. The summed E-state index contributed by atoms with van der Waals surface area (Å²) in [4.78, 5) is 29.4. The monoisotopic (exact) mass is 485 g/mol. The lowest BCUT2D eigenvalue weighted by molar-refractivity contribution is 0.0714. The molecule has 0 saturated heterocycles. The van der Waals surface area contributed by atoms with E-state index in [1.165, 1.54) is 21.3 Å². The number of fused-ring (bicyclic) bond motifs is 2. The molecule has 0 radical (unpaired) electrons. The normalized spacial score (nSPS) is 14.8. The molecule has 184 valence electrons. The number of methoxy groups -OCH3 is 3. The van der Waals surface area contributed by atoms with E-state index in [0.717, 1.165) is 16.7 Å². The highest BCUT2D eigenvalue weighted by atomic mass is 16.5. The van der Waals surface area contributed by atoms with Gasteiger partial charge in [-0.15, -0.1) is 0 Å². The van der Waals surface area contributed by atoms with Crippen LogP contribution in [0.4, 0.5) is 0 Å². The molecular formula is C29H27NO6. The first-order chi connectivity index (χ1) is 17.4. The second kappa shape index (κ2) is 9.07. The fraction of sp³-hybridized carbons (Fsp3) is 0.241. The maximum atomic E-state index is 14.0. The molecule has 4 aromatic rings. The predicted octanol–water partition coefficient (Wildman–Crippen LogP) is 5.18. The van der Waals surface area contributed by atoms with E-state index in [4.69, 9.17) is 18.6 Å². The van der Waals surface area contributed by atoms with Gasteiger partial charge in [0.25, 0.3) is 5.91 Å². The molecule has 36 heavy (non-hydrogen) atoms. The van der Waals surface area contributed by atoms with Gasteiger partial charge in [0.15, 0.2) is 16.9 Å². The summed E-state index contributed by atoms with van der Waals surface area (Å²) in [6, 6.07) is 16.2. The largest absolute Gasteiger partial charge is 0.493 e. The molecule has 0 fully saturated rings. The number of aryl methyl sites for hydroxylation is 2. The Bertz CT molecular complexity index is 1510. The molecule has 0 aliphatic carbocycles. The summed E-state index contributed by atoms with van der Waals surface area (Å²) in [6.07, 6.45) is 0. The predicted molar refractivity (Wildman–Crippen MR) is 136 cm³/mol. The number of amides is 1. The minimum Gasteiger partial charge on any atom is -0.493 e. The molecule has 0 N–H and O–H groups in total. The van der Waals surface area contributed by atoms with Crippen molar-refractivity contribution in [1.82, 2.24) is 4.90 Å². The van der Waals surface area contributed by atoms with E-state index in [9.17, 15) is 9.59 Å². The van der Waals surface area contributed by atoms with Crippen LogP contribution < -0.4 is 19.6 Å². The number of hydrogen-bond acceptors (Lipinski definition) is 6. The van der Waals surface area contributed by atoms with Crippen molar-refractivity contribution in [2.24, 2.45) is 0 Å². The third-order valence-electron chi connectivity index (χ3n) is 6.61. The van der Waals surface area contributed by atoms with Crippen LogP contribution in [-0.2, 0) is 6.54 Å². The first-order valence-electron chi connectivity index (χ1n) is 11.6. The van der Waals surface area contributed by atoms with Gasteiger partial charge in [-0.05, 0) is 54.3 Å².